The van der Waals surface area contributed by atoms with Crippen LogP contribution in [-0.4, -0.2) is 19.5 Å². The fourth-order valence-electron chi connectivity index (χ4n) is 1.27. The molecule has 7 heteroatoms. The van der Waals surface area contributed by atoms with Crippen LogP contribution in [0.2, 0.25) is 0 Å². The van der Waals surface area contributed by atoms with E-state index in [1.165, 1.54) is 6.07 Å². The molecule has 1 aromatic rings. The van der Waals surface area contributed by atoms with E-state index in [0.717, 1.165) is 6.07 Å². The SMILES string of the molecule is CCc1cc(Br)c(S(=O)(=O)Cl)cc1C(=O)O. The number of benzene rings is 1. The van der Waals surface area contributed by atoms with Crippen LogP contribution in [0, 0.1) is 0 Å². The number of hydrogen-bond acceptors (Lipinski definition) is 3. The van der Waals surface area contributed by atoms with E-state index in [9.17, 15) is 13.2 Å². The maximum atomic E-state index is 11.2. The first kappa shape index (κ1) is 13.5. The lowest BCUT2D eigenvalue weighted by molar-refractivity contribution is 0.0695. The third-order valence-corrected chi connectivity index (χ3v) is 4.31. The minimum atomic E-state index is -3.95. The maximum Gasteiger partial charge on any atom is 0.336 e. The summed E-state index contributed by atoms with van der Waals surface area (Å²) in [5.41, 5.74) is 0.494. The smallest absolute Gasteiger partial charge is 0.336 e. The molecule has 0 saturated carbocycles. The van der Waals surface area contributed by atoms with Crippen molar-refractivity contribution in [2.24, 2.45) is 0 Å². The van der Waals surface area contributed by atoms with Crippen molar-refractivity contribution in [3.8, 4) is 0 Å². The number of hydrogen-bond donors (Lipinski definition) is 1. The largest absolute Gasteiger partial charge is 0.478 e. The molecule has 1 N–H and O–H groups in total. The molecule has 0 atom stereocenters. The number of aromatic carboxylic acids is 1. The number of aryl methyl sites for hydroxylation is 1. The zero-order chi connectivity index (χ0) is 12.5. The molecular formula is C9H8BrClO4S. The van der Waals surface area contributed by atoms with E-state index in [4.69, 9.17) is 15.8 Å². The summed E-state index contributed by atoms with van der Waals surface area (Å²) in [7, 11) is 1.23. The summed E-state index contributed by atoms with van der Waals surface area (Å²) in [5, 5.41) is 8.92. The fraction of sp³-hybridized carbons (Fsp3) is 0.222. The summed E-state index contributed by atoms with van der Waals surface area (Å²) in [5.74, 6) is -1.18. The van der Waals surface area contributed by atoms with Crippen molar-refractivity contribution in [2.75, 3.05) is 0 Å². The van der Waals surface area contributed by atoms with E-state index in [0.29, 0.717) is 12.0 Å². The van der Waals surface area contributed by atoms with Crippen molar-refractivity contribution in [3.63, 3.8) is 0 Å². The Morgan fingerprint density at radius 2 is 2.06 bits per heavy atom. The van der Waals surface area contributed by atoms with Crippen molar-refractivity contribution >= 4 is 41.6 Å². The van der Waals surface area contributed by atoms with Crippen molar-refractivity contribution in [1.29, 1.82) is 0 Å². The quantitative estimate of drug-likeness (QED) is 0.866. The Hall–Kier alpha value is -0.590. The molecule has 0 heterocycles. The molecule has 0 unspecified atom stereocenters. The van der Waals surface area contributed by atoms with Crippen molar-refractivity contribution in [3.05, 3.63) is 27.7 Å². The number of carboxylic acids is 1. The monoisotopic (exact) mass is 326 g/mol. The second-order valence-electron chi connectivity index (χ2n) is 3.04. The Labute approximate surface area is 106 Å². The highest BCUT2D eigenvalue weighted by atomic mass is 79.9. The third-order valence-electron chi connectivity index (χ3n) is 2.03. The first-order valence-electron chi connectivity index (χ1n) is 4.27. The van der Waals surface area contributed by atoms with E-state index in [1.807, 2.05) is 0 Å². The Bertz CT molecular complexity index is 539. The summed E-state index contributed by atoms with van der Waals surface area (Å²) < 4.78 is 22.6. The molecule has 0 aliphatic carbocycles. The van der Waals surface area contributed by atoms with Crippen LogP contribution in [0.15, 0.2) is 21.5 Å². The second-order valence-corrected chi connectivity index (χ2v) is 6.43. The number of carboxylic acid groups (broad SMARTS) is 1. The van der Waals surface area contributed by atoms with Gasteiger partial charge in [-0.15, -0.1) is 0 Å². The van der Waals surface area contributed by atoms with E-state index in [-0.39, 0.29) is 14.9 Å². The zero-order valence-electron chi connectivity index (χ0n) is 8.20. The van der Waals surface area contributed by atoms with E-state index in [2.05, 4.69) is 15.9 Å². The fourth-order valence-corrected chi connectivity index (χ4v) is 3.52. The molecule has 0 saturated heterocycles. The molecule has 4 nitrogen and oxygen atoms in total. The standard InChI is InChI=1S/C9H8BrClO4S/c1-2-5-3-7(10)8(16(11,14)15)4-6(5)9(12)13/h3-4H,2H2,1H3,(H,12,13). The van der Waals surface area contributed by atoms with Crippen LogP contribution in [0.1, 0.15) is 22.8 Å². The first-order chi connectivity index (χ1) is 7.27. The van der Waals surface area contributed by atoms with Crippen molar-refractivity contribution in [2.45, 2.75) is 18.2 Å². The molecule has 0 fully saturated rings. The van der Waals surface area contributed by atoms with Gasteiger partial charge in [0.1, 0.15) is 0 Å². The van der Waals surface area contributed by atoms with Gasteiger partial charge in [0.05, 0.1) is 10.5 Å². The van der Waals surface area contributed by atoms with Crippen LogP contribution in [0.25, 0.3) is 0 Å². The minimum absolute atomic E-state index is 0.0510. The summed E-state index contributed by atoms with van der Waals surface area (Å²) in [6.07, 6.45) is 0.489. The van der Waals surface area contributed by atoms with E-state index < -0.39 is 15.0 Å². The maximum absolute atomic E-state index is 11.2. The number of rotatable bonds is 3. The van der Waals surface area contributed by atoms with E-state index >= 15 is 0 Å². The third kappa shape index (κ3) is 2.75. The molecule has 0 bridgehead atoms. The highest BCUT2D eigenvalue weighted by Crippen LogP contribution is 2.29. The molecule has 88 valence electrons. The van der Waals surface area contributed by atoms with Crippen LogP contribution in [0.3, 0.4) is 0 Å². The highest BCUT2D eigenvalue weighted by Gasteiger charge is 2.19. The van der Waals surface area contributed by atoms with E-state index in [1.54, 1.807) is 6.92 Å². The van der Waals surface area contributed by atoms with Gasteiger partial charge in [-0.1, -0.05) is 6.92 Å². The Morgan fingerprint density at radius 3 is 2.44 bits per heavy atom. The lowest BCUT2D eigenvalue weighted by atomic mass is 10.1. The Balaban J connectivity index is 3.58. The van der Waals surface area contributed by atoms with Gasteiger partial charge in [0, 0.05) is 15.2 Å². The summed E-state index contributed by atoms with van der Waals surface area (Å²) in [4.78, 5) is 10.7. The molecule has 0 radical (unpaired) electrons. The van der Waals surface area contributed by atoms with Crippen LogP contribution in [0.5, 0.6) is 0 Å². The average Bonchev–Trinajstić information content (AvgIpc) is 2.14. The molecule has 0 aromatic heterocycles. The van der Waals surface area contributed by atoms with Crippen LogP contribution in [-0.2, 0) is 15.5 Å². The molecule has 0 aliphatic heterocycles. The number of halogens is 2. The first-order valence-corrected chi connectivity index (χ1v) is 7.38. The van der Waals surface area contributed by atoms with Crippen LogP contribution < -0.4 is 0 Å². The van der Waals surface area contributed by atoms with Crippen LogP contribution in [0.4, 0.5) is 0 Å². The highest BCUT2D eigenvalue weighted by molar-refractivity contribution is 9.10. The second kappa shape index (κ2) is 4.73. The summed E-state index contributed by atoms with van der Waals surface area (Å²) in [6.45, 7) is 1.78. The molecule has 1 rings (SSSR count). The predicted octanol–water partition coefficient (Wildman–Crippen LogP) is 2.64. The van der Waals surface area contributed by atoms with Gasteiger partial charge in [0.25, 0.3) is 9.05 Å². The van der Waals surface area contributed by atoms with Gasteiger partial charge >= 0.3 is 5.97 Å². The summed E-state index contributed by atoms with van der Waals surface area (Å²) in [6, 6.07) is 2.52. The summed E-state index contributed by atoms with van der Waals surface area (Å²) >= 11 is 3.05. The molecular weight excluding hydrogens is 320 g/mol. The lowest BCUT2D eigenvalue weighted by Crippen LogP contribution is -2.05. The van der Waals surface area contributed by atoms with Gasteiger partial charge in [-0.25, -0.2) is 13.2 Å². The van der Waals surface area contributed by atoms with Gasteiger partial charge in [0.15, 0.2) is 0 Å². The average molecular weight is 328 g/mol. The van der Waals surface area contributed by atoms with Crippen molar-refractivity contribution < 1.29 is 18.3 Å². The Kier molecular flexibility index (Phi) is 3.98. The molecule has 1 aromatic carbocycles. The van der Waals surface area contributed by atoms with Crippen LogP contribution >= 0.6 is 26.6 Å². The molecule has 0 aliphatic rings. The minimum Gasteiger partial charge on any atom is -0.478 e. The topological polar surface area (TPSA) is 71.4 Å². The van der Waals surface area contributed by atoms with Gasteiger partial charge < -0.3 is 5.11 Å². The normalized spacial score (nSPS) is 11.4. The van der Waals surface area contributed by atoms with Gasteiger partial charge in [-0.05, 0) is 40.0 Å². The van der Waals surface area contributed by atoms with Crippen molar-refractivity contribution in [1.82, 2.24) is 0 Å². The predicted molar refractivity (Wildman–Crippen MR) is 63.5 cm³/mol. The molecule has 0 amide bonds. The van der Waals surface area contributed by atoms with Gasteiger partial charge in [-0.2, -0.15) is 0 Å². The van der Waals surface area contributed by atoms with Gasteiger partial charge in [-0.3, -0.25) is 0 Å². The lowest BCUT2D eigenvalue weighted by Gasteiger charge is -2.07. The molecule has 16 heavy (non-hydrogen) atoms. The molecule has 0 spiro atoms. The number of carbonyl (C=O) groups is 1. The zero-order valence-corrected chi connectivity index (χ0v) is 11.4. The van der Waals surface area contributed by atoms with Gasteiger partial charge in [0.2, 0.25) is 0 Å². The Morgan fingerprint density at radius 1 is 1.50 bits per heavy atom.